The summed E-state index contributed by atoms with van der Waals surface area (Å²) in [4.78, 5) is 0. The van der Waals surface area contributed by atoms with E-state index < -0.39 is 5.67 Å². The third kappa shape index (κ3) is 1.10. The van der Waals surface area contributed by atoms with Gasteiger partial charge in [-0.3, -0.25) is 0 Å². The maximum absolute atomic E-state index is 13.3. The standard InChI is InChI=1S/C8H15F/c1-6(2)8(9)4-7(3)5-8/h6-7H,4-5H2,1-3H3/t7-,8-. The van der Waals surface area contributed by atoms with E-state index >= 15 is 0 Å². The molecule has 0 unspecified atom stereocenters. The van der Waals surface area contributed by atoms with Gasteiger partial charge in [-0.2, -0.15) is 0 Å². The van der Waals surface area contributed by atoms with Crippen molar-refractivity contribution in [3.63, 3.8) is 0 Å². The van der Waals surface area contributed by atoms with Crippen LogP contribution in [0.5, 0.6) is 0 Å². The Morgan fingerprint density at radius 3 is 2.00 bits per heavy atom. The molecule has 54 valence electrons. The van der Waals surface area contributed by atoms with E-state index in [1.165, 1.54) is 0 Å². The summed E-state index contributed by atoms with van der Waals surface area (Å²) in [6, 6.07) is 0. The largest absolute Gasteiger partial charge is 0.244 e. The molecule has 0 N–H and O–H groups in total. The van der Waals surface area contributed by atoms with E-state index in [2.05, 4.69) is 6.92 Å². The van der Waals surface area contributed by atoms with Gasteiger partial charge in [0, 0.05) is 0 Å². The van der Waals surface area contributed by atoms with Crippen molar-refractivity contribution in [1.82, 2.24) is 0 Å². The molecule has 0 aromatic heterocycles. The Kier molecular flexibility index (Phi) is 1.54. The van der Waals surface area contributed by atoms with E-state index in [-0.39, 0.29) is 5.92 Å². The molecule has 1 aliphatic rings. The first kappa shape index (κ1) is 7.04. The van der Waals surface area contributed by atoms with Crippen molar-refractivity contribution in [2.45, 2.75) is 39.3 Å². The monoisotopic (exact) mass is 130 g/mol. The smallest absolute Gasteiger partial charge is 0.113 e. The van der Waals surface area contributed by atoms with Crippen molar-refractivity contribution < 1.29 is 4.39 Å². The molecule has 0 bridgehead atoms. The molecule has 9 heavy (non-hydrogen) atoms. The molecule has 0 aliphatic heterocycles. The highest BCUT2D eigenvalue weighted by Gasteiger charge is 2.44. The minimum absolute atomic E-state index is 0.216. The van der Waals surface area contributed by atoms with Gasteiger partial charge in [-0.25, -0.2) is 4.39 Å². The Labute approximate surface area is 56.5 Å². The van der Waals surface area contributed by atoms with Gasteiger partial charge in [-0.05, 0) is 24.7 Å². The van der Waals surface area contributed by atoms with Gasteiger partial charge in [0.25, 0.3) is 0 Å². The van der Waals surface area contributed by atoms with Crippen LogP contribution in [-0.2, 0) is 0 Å². The van der Waals surface area contributed by atoms with Gasteiger partial charge in [0.05, 0.1) is 0 Å². The molecule has 1 heteroatoms. The number of halogens is 1. The first-order valence-corrected chi connectivity index (χ1v) is 3.73. The van der Waals surface area contributed by atoms with E-state index in [1.54, 1.807) is 0 Å². The van der Waals surface area contributed by atoms with Crippen LogP contribution in [0.3, 0.4) is 0 Å². The van der Waals surface area contributed by atoms with Gasteiger partial charge in [-0.15, -0.1) is 0 Å². The Bertz CT molecular complexity index is 101. The Balaban J connectivity index is 2.40. The van der Waals surface area contributed by atoms with Crippen LogP contribution in [0.15, 0.2) is 0 Å². The summed E-state index contributed by atoms with van der Waals surface area (Å²) in [6.07, 6.45) is 1.56. The van der Waals surface area contributed by atoms with Crippen LogP contribution in [-0.4, -0.2) is 5.67 Å². The Morgan fingerprint density at radius 2 is 1.89 bits per heavy atom. The second-order valence-corrected chi connectivity index (χ2v) is 3.70. The molecule has 1 saturated carbocycles. The third-order valence-electron chi connectivity index (χ3n) is 2.41. The van der Waals surface area contributed by atoms with Gasteiger partial charge in [0.1, 0.15) is 5.67 Å². The molecule has 1 rings (SSSR count). The van der Waals surface area contributed by atoms with Crippen LogP contribution in [0, 0.1) is 11.8 Å². The van der Waals surface area contributed by atoms with Crippen molar-refractivity contribution in [2.24, 2.45) is 11.8 Å². The summed E-state index contributed by atoms with van der Waals surface area (Å²) in [6.45, 7) is 6.04. The Morgan fingerprint density at radius 1 is 1.44 bits per heavy atom. The van der Waals surface area contributed by atoms with Crippen molar-refractivity contribution in [1.29, 1.82) is 0 Å². The van der Waals surface area contributed by atoms with E-state index in [0.29, 0.717) is 5.92 Å². The fraction of sp³-hybridized carbons (Fsp3) is 1.00. The average Bonchev–Trinajstić information content (AvgIpc) is 1.62. The van der Waals surface area contributed by atoms with Crippen LogP contribution in [0.4, 0.5) is 4.39 Å². The highest BCUT2D eigenvalue weighted by molar-refractivity contribution is 4.94. The predicted octanol–water partition coefficient (Wildman–Crippen LogP) is 2.78. The van der Waals surface area contributed by atoms with Crippen LogP contribution in [0.2, 0.25) is 0 Å². The van der Waals surface area contributed by atoms with Crippen molar-refractivity contribution >= 4 is 0 Å². The lowest BCUT2D eigenvalue weighted by atomic mass is 9.68. The maximum atomic E-state index is 13.3. The molecule has 0 spiro atoms. The molecule has 1 aliphatic carbocycles. The second kappa shape index (κ2) is 1.96. The summed E-state index contributed by atoms with van der Waals surface area (Å²) in [5.41, 5.74) is -0.806. The van der Waals surface area contributed by atoms with Crippen LogP contribution < -0.4 is 0 Å². The molecule has 0 aromatic rings. The van der Waals surface area contributed by atoms with E-state index in [9.17, 15) is 4.39 Å². The van der Waals surface area contributed by atoms with Gasteiger partial charge in [0.2, 0.25) is 0 Å². The molecule has 0 atom stereocenters. The molecule has 0 aromatic carbocycles. The highest BCUT2D eigenvalue weighted by Crippen LogP contribution is 2.45. The number of hydrogen-bond donors (Lipinski definition) is 0. The zero-order valence-corrected chi connectivity index (χ0v) is 6.45. The minimum atomic E-state index is -0.806. The van der Waals surface area contributed by atoms with E-state index in [4.69, 9.17) is 0 Å². The van der Waals surface area contributed by atoms with Crippen molar-refractivity contribution in [3.05, 3.63) is 0 Å². The molecular formula is C8H15F. The average molecular weight is 130 g/mol. The Hall–Kier alpha value is -0.0700. The molecule has 0 radical (unpaired) electrons. The van der Waals surface area contributed by atoms with Crippen molar-refractivity contribution in [2.75, 3.05) is 0 Å². The molecular weight excluding hydrogens is 115 g/mol. The lowest BCUT2D eigenvalue weighted by Crippen LogP contribution is -2.42. The maximum Gasteiger partial charge on any atom is 0.113 e. The quantitative estimate of drug-likeness (QED) is 0.512. The lowest BCUT2D eigenvalue weighted by molar-refractivity contribution is -0.0263. The zero-order chi connectivity index (χ0) is 7.07. The molecule has 1 fully saturated rings. The molecule has 0 amide bonds. The van der Waals surface area contributed by atoms with Crippen molar-refractivity contribution in [3.8, 4) is 0 Å². The van der Waals surface area contributed by atoms with Gasteiger partial charge in [-0.1, -0.05) is 20.8 Å². The number of alkyl halides is 1. The fourth-order valence-electron chi connectivity index (χ4n) is 1.57. The summed E-state index contributed by atoms with van der Waals surface area (Å²) in [7, 11) is 0. The van der Waals surface area contributed by atoms with Crippen LogP contribution in [0.25, 0.3) is 0 Å². The molecule has 0 saturated heterocycles. The summed E-state index contributed by atoms with van der Waals surface area (Å²) >= 11 is 0. The third-order valence-corrected chi connectivity index (χ3v) is 2.41. The summed E-state index contributed by atoms with van der Waals surface area (Å²) in [5.74, 6) is 0.839. The van der Waals surface area contributed by atoms with Crippen LogP contribution in [0.1, 0.15) is 33.6 Å². The minimum Gasteiger partial charge on any atom is -0.244 e. The SMILES string of the molecule is CC(C)[C@]1(F)C[C@H](C)C1. The second-order valence-electron chi connectivity index (χ2n) is 3.70. The summed E-state index contributed by atoms with van der Waals surface area (Å²) < 4.78 is 13.3. The topological polar surface area (TPSA) is 0 Å². The van der Waals surface area contributed by atoms with E-state index in [1.807, 2.05) is 13.8 Å². The number of rotatable bonds is 1. The first-order valence-electron chi connectivity index (χ1n) is 3.73. The predicted molar refractivity (Wildman–Crippen MR) is 37.1 cm³/mol. The van der Waals surface area contributed by atoms with Gasteiger partial charge >= 0.3 is 0 Å². The summed E-state index contributed by atoms with van der Waals surface area (Å²) in [5, 5.41) is 0. The molecule has 0 heterocycles. The van der Waals surface area contributed by atoms with E-state index in [0.717, 1.165) is 12.8 Å². The van der Waals surface area contributed by atoms with Gasteiger partial charge in [0.15, 0.2) is 0 Å². The highest BCUT2D eigenvalue weighted by atomic mass is 19.1. The molecule has 0 nitrogen and oxygen atoms in total. The normalized spacial score (nSPS) is 43.0. The van der Waals surface area contributed by atoms with Gasteiger partial charge < -0.3 is 0 Å². The first-order chi connectivity index (χ1) is 4.04. The lowest BCUT2D eigenvalue weighted by Gasteiger charge is -2.42. The number of hydrogen-bond acceptors (Lipinski definition) is 0. The van der Waals surface area contributed by atoms with Crippen LogP contribution >= 0.6 is 0 Å². The fourth-order valence-corrected chi connectivity index (χ4v) is 1.57. The zero-order valence-electron chi connectivity index (χ0n) is 6.45.